The van der Waals surface area contributed by atoms with Gasteiger partial charge in [-0.15, -0.1) is 0 Å². The summed E-state index contributed by atoms with van der Waals surface area (Å²) in [6, 6.07) is 10.3. The predicted octanol–water partition coefficient (Wildman–Crippen LogP) is 5.55. The van der Waals surface area contributed by atoms with Gasteiger partial charge in [0.2, 0.25) is 0 Å². The molecule has 35 heavy (non-hydrogen) atoms. The Hall–Kier alpha value is -3.62. The van der Waals surface area contributed by atoms with E-state index in [9.17, 15) is 14.7 Å². The average Bonchev–Trinajstić information content (AvgIpc) is 3.39. The summed E-state index contributed by atoms with van der Waals surface area (Å²) in [4.78, 5) is 27.9. The van der Waals surface area contributed by atoms with Gasteiger partial charge in [0.1, 0.15) is 34.1 Å². The Morgan fingerprint density at radius 3 is 2.29 bits per heavy atom. The minimum Gasteiger partial charge on any atom is -0.507 e. The lowest BCUT2D eigenvalue weighted by Crippen LogP contribution is -2.29. The van der Waals surface area contributed by atoms with Crippen molar-refractivity contribution in [3.05, 3.63) is 75.2 Å². The summed E-state index contributed by atoms with van der Waals surface area (Å²) in [6.45, 7) is 1.73. The summed E-state index contributed by atoms with van der Waals surface area (Å²) < 4.78 is 21.8. The molecule has 0 bridgehead atoms. The van der Waals surface area contributed by atoms with Crippen LogP contribution < -0.4 is 19.1 Å². The highest BCUT2D eigenvalue weighted by Crippen LogP contribution is 2.49. The van der Waals surface area contributed by atoms with E-state index in [1.165, 1.54) is 32.3 Å². The van der Waals surface area contributed by atoms with Crippen LogP contribution in [-0.2, 0) is 9.59 Å². The molecular formula is C25H21Cl2NO7. The van der Waals surface area contributed by atoms with E-state index < -0.39 is 23.5 Å². The van der Waals surface area contributed by atoms with Gasteiger partial charge in [0.25, 0.3) is 11.7 Å². The first kappa shape index (κ1) is 24.5. The lowest BCUT2D eigenvalue weighted by atomic mass is 9.98. The van der Waals surface area contributed by atoms with Crippen LogP contribution in [-0.4, -0.2) is 38.1 Å². The number of halogens is 2. The second kappa shape index (κ2) is 9.56. The smallest absolute Gasteiger partial charge is 0.300 e. The number of furan rings is 1. The first-order chi connectivity index (χ1) is 16.7. The normalized spacial score (nSPS) is 17.1. The molecule has 182 valence electrons. The topological polar surface area (TPSA) is 98.4 Å². The van der Waals surface area contributed by atoms with Gasteiger partial charge in [-0.05, 0) is 37.3 Å². The number of ketones is 1. The Morgan fingerprint density at radius 1 is 1.00 bits per heavy atom. The molecule has 0 saturated carbocycles. The summed E-state index contributed by atoms with van der Waals surface area (Å²) in [5.41, 5.74) is 0.105. The fourth-order valence-electron chi connectivity index (χ4n) is 4.07. The third-order valence-electron chi connectivity index (χ3n) is 5.61. The van der Waals surface area contributed by atoms with Gasteiger partial charge in [-0.1, -0.05) is 35.3 Å². The van der Waals surface area contributed by atoms with E-state index in [2.05, 4.69) is 0 Å². The number of Topliss-reactive ketones (excluding diaryl/α,β-unsaturated/α-hetero) is 1. The first-order valence-corrected chi connectivity index (χ1v) is 11.1. The van der Waals surface area contributed by atoms with Crippen LogP contribution in [0.25, 0.3) is 5.76 Å². The van der Waals surface area contributed by atoms with Gasteiger partial charge in [-0.25, -0.2) is 0 Å². The van der Waals surface area contributed by atoms with E-state index in [4.69, 9.17) is 41.8 Å². The molecule has 1 atom stereocenters. The lowest BCUT2D eigenvalue weighted by molar-refractivity contribution is -0.132. The van der Waals surface area contributed by atoms with Crippen LogP contribution in [0.4, 0.5) is 5.69 Å². The highest BCUT2D eigenvalue weighted by atomic mass is 35.5. The summed E-state index contributed by atoms with van der Waals surface area (Å²) >= 11 is 12.7. The van der Waals surface area contributed by atoms with Crippen LogP contribution in [0.5, 0.6) is 17.2 Å². The second-order valence-corrected chi connectivity index (χ2v) is 8.36. The average molecular weight is 518 g/mol. The molecule has 0 aliphatic carbocycles. The van der Waals surface area contributed by atoms with Gasteiger partial charge in [0.05, 0.1) is 43.2 Å². The van der Waals surface area contributed by atoms with E-state index in [1.807, 2.05) is 0 Å². The Balaban J connectivity index is 2.03. The molecule has 1 N–H and O–H groups in total. The number of amides is 1. The number of hydrogen-bond donors (Lipinski definition) is 1. The van der Waals surface area contributed by atoms with Crippen LogP contribution >= 0.6 is 23.2 Å². The largest absolute Gasteiger partial charge is 0.507 e. The van der Waals surface area contributed by atoms with Gasteiger partial charge in [0, 0.05) is 0 Å². The number of hydrogen-bond acceptors (Lipinski definition) is 7. The molecule has 1 amide bonds. The molecule has 0 spiro atoms. The molecule has 1 aromatic heterocycles. The summed E-state index contributed by atoms with van der Waals surface area (Å²) in [5, 5.41) is 11.5. The molecule has 3 aromatic rings. The quantitative estimate of drug-likeness (QED) is 0.260. The Morgan fingerprint density at radius 2 is 1.69 bits per heavy atom. The number of benzene rings is 2. The van der Waals surface area contributed by atoms with Crippen molar-refractivity contribution in [1.82, 2.24) is 0 Å². The van der Waals surface area contributed by atoms with Crippen molar-refractivity contribution in [3.63, 3.8) is 0 Å². The number of aliphatic hydroxyl groups is 1. The van der Waals surface area contributed by atoms with Gasteiger partial charge in [0.15, 0.2) is 11.5 Å². The highest BCUT2D eigenvalue weighted by Gasteiger charge is 2.49. The zero-order valence-corrected chi connectivity index (χ0v) is 20.7. The number of carbonyl (C=O) groups is 2. The molecule has 4 rings (SSSR count). The summed E-state index contributed by atoms with van der Waals surface area (Å²) in [7, 11) is 4.17. The van der Waals surface area contributed by atoms with Crippen molar-refractivity contribution in [3.8, 4) is 17.2 Å². The van der Waals surface area contributed by atoms with Gasteiger partial charge in [-0.3, -0.25) is 14.5 Å². The minimum atomic E-state index is -1.11. The number of rotatable bonds is 6. The van der Waals surface area contributed by atoms with Crippen molar-refractivity contribution < 1.29 is 33.3 Å². The second-order valence-electron chi connectivity index (χ2n) is 7.58. The number of anilines is 1. The number of carbonyl (C=O) groups excluding carboxylic acids is 2. The van der Waals surface area contributed by atoms with Crippen molar-refractivity contribution in [2.75, 3.05) is 26.2 Å². The van der Waals surface area contributed by atoms with E-state index in [-0.39, 0.29) is 38.4 Å². The van der Waals surface area contributed by atoms with Gasteiger partial charge >= 0.3 is 0 Å². The standard InChI is InChI=1S/C25H21Cl2NO7/c1-12-9-10-17(35-12)20-18(21(29)13-11-14(26)24(34-4)19(27)23(13)33-3)22(30)25(31)28(20)15-7-5-6-8-16(15)32-2/h5-11,20,29H,1-4H3/b21-18+. The van der Waals surface area contributed by atoms with Crippen LogP contribution in [0.3, 0.4) is 0 Å². The lowest BCUT2D eigenvalue weighted by Gasteiger charge is -2.25. The third-order valence-corrected chi connectivity index (χ3v) is 6.24. The third kappa shape index (κ3) is 3.98. The van der Waals surface area contributed by atoms with Crippen LogP contribution in [0.1, 0.15) is 23.1 Å². The highest BCUT2D eigenvalue weighted by molar-refractivity contribution is 6.52. The minimum absolute atomic E-state index is 0.00611. The van der Waals surface area contributed by atoms with Gasteiger partial charge in [-0.2, -0.15) is 0 Å². The number of para-hydroxylation sites is 2. The number of aliphatic hydroxyl groups excluding tert-OH is 1. The SMILES string of the molecule is COc1ccccc1N1C(=O)C(=O)/C(=C(/O)c2cc(Cl)c(OC)c(Cl)c2OC)C1c1ccc(C)o1. The van der Waals surface area contributed by atoms with E-state index in [1.54, 1.807) is 43.3 Å². The fraction of sp³-hybridized carbons (Fsp3) is 0.200. The maximum absolute atomic E-state index is 13.4. The van der Waals surface area contributed by atoms with E-state index >= 15 is 0 Å². The van der Waals surface area contributed by atoms with Crippen LogP contribution in [0.2, 0.25) is 10.0 Å². The molecule has 1 fully saturated rings. The maximum Gasteiger partial charge on any atom is 0.300 e. The number of nitrogens with zero attached hydrogens (tertiary/aromatic N) is 1. The van der Waals surface area contributed by atoms with Crippen molar-refractivity contribution in [1.29, 1.82) is 0 Å². The Labute approximate surface area is 211 Å². The first-order valence-electron chi connectivity index (χ1n) is 10.4. The van der Waals surface area contributed by atoms with Crippen LogP contribution in [0.15, 0.2) is 52.5 Å². The number of methoxy groups -OCH3 is 3. The molecule has 10 heteroatoms. The summed E-state index contributed by atoms with van der Waals surface area (Å²) in [5.74, 6) is -1.02. The summed E-state index contributed by atoms with van der Waals surface area (Å²) in [6.07, 6.45) is 0. The molecule has 1 aliphatic rings. The molecule has 0 radical (unpaired) electrons. The molecule has 2 aromatic carbocycles. The molecular weight excluding hydrogens is 497 g/mol. The monoisotopic (exact) mass is 517 g/mol. The van der Waals surface area contributed by atoms with Crippen molar-refractivity contribution >= 4 is 46.3 Å². The predicted molar refractivity (Wildman–Crippen MR) is 131 cm³/mol. The number of aryl methyl sites for hydroxylation is 1. The zero-order valence-electron chi connectivity index (χ0n) is 19.2. The van der Waals surface area contributed by atoms with Gasteiger partial charge < -0.3 is 23.7 Å². The molecule has 1 saturated heterocycles. The Kier molecular flexibility index (Phi) is 6.69. The molecule has 1 aliphatic heterocycles. The Bertz CT molecular complexity index is 1360. The zero-order chi connectivity index (χ0) is 25.4. The fourth-order valence-corrected chi connectivity index (χ4v) is 4.76. The van der Waals surface area contributed by atoms with Crippen molar-refractivity contribution in [2.45, 2.75) is 13.0 Å². The van der Waals surface area contributed by atoms with Crippen molar-refractivity contribution in [2.24, 2.45) is 0 Å². The molecule has 8 nitrogen and oxygen atoms in total. The van der Waals surface area contributed by atoms with E-state index in [0.29, 0.717) is 17.2 Å². The maximum atomic E-state index is 13.4. The van der Waals surface area contributed by atoms with E-state index in [0.717, 1.165) is 0 Å². The molecule has 1 unspecified atom stereocenters. The molecule has 2 heterocycles. The van der Waals surface area contributed by atoms with Crippen LogP contribution in [0, 0.1) is 6.92 Å². The number of ether oxygens (including phenoxy) is 3.